The molecule has 0 radical (unpaired) electrons. The minimum absolute atomic E-state index is 0.0169. The molecule has 8 nitrogen and oxygen atoms in total. The molecule has 1 saturated heterocycles. The number of ether oxygens (including phenoxy) is 1. The van der Waals surface area contributed by atoms with Crippen LogP contribution >= 0.6 is 0 Å². The Morgan fingerprint density at radius 2 is 2.20 bits per heavy atom. The Balaban J connectivity index is 2.19. The number of nitrogens with zero attached hydrogens (tertiary/aromatic N) is 2. The molecule has 1 aromatic heterocycles. The second kappa shape index (κ2) is 6.72. The van der Waals surface area contributed by atoms with Crippen molar-refractivity contribution in [2.45, 2.75) is 31.1 Å². The van der Waals surface area contributed by atoms with Crippen LogP contribution < -0.4 is 4.90 Å². The maximum Gasteiger partial charge on any atom is 0.415 e. The molecule has 0 unspecified atom stereocenters. The van der Waals surface area contributed by atoms with Gasteiger partial charge in [0.15, 0.2) is 14.6 Å². The third kappa shape index (κ3) is 3.74. The normalized spacial score (nSPS) is 19.6. The number of aromatic nitrogens is 1. The lowest BCUT2D eigenvalue weighted by atomic mass is 10.0. The number of carboxylic acids is 1. The van der Waals surface area contributed by atoms with Gasteiger partial charge < -0.3 is 9.84 Å². The highest BCUT2D eigenvalue weighted by Crippen LogP contribution is 2.29. The van der Waals surface area contributed by atoms with Gasteiger partial charge in [-0.1, -0.05) is 5.92 Å². The van der Waals surface area contributed by atoms with Crippen molar-refractivity contribution in [2.75, 3.05) is 17.7 Å². The Morgan fingerprint density at radius 1 is 1.52 bits per heavy atom. The second-order valence-electron chi connectivity index (χ2n) is 5.91. The Kier molecular flexibility index (Phi) is 5.04. The van der Waals surface area contributed by atoms with E-state index in [1.807, 2.05) is 0 Å². The van der Waals surface area contributed by atoms with E-state index < -0.39 is 32.8 Å². The lowest BCUT2D eigenvalue weighted by Gasteiger charge is -2.24. The molecule has 2 heterocycles. The van der Waals surface area contributed by atoms with Gasteiger partial charge in [0.25, 0.3) is 0 Å². The zero-order valence-corrected chi connectivity index (χ0v) is 14.8. The van der Waals surface area contributed by atoms with Crippen LogP contribution in [0.3, 0.4) is 0 Å². The number of anilines is 1. The van der Waals surface area contributed by atoms with E-state index in [4.69, 9.17) is 4.74 Å². The van der Waals surface area contributed by atoms with Crippen LogP contribution in [0.15, 0.2) is 18.3 Å². The quantitative estimate of drug-likeness (QED) is 0.775. The van der Waals surface area contributed by atoms with Gasteiger partial charge in [-0.25, -0.2) is 18.2 Å². The molecule has 1 N–H and O–H groups in total. The van der Waals surface area contributed by atoms with Crippen LogP contribution in [0.4, 0.5) is 10.6 Å². The standard InChI is InChI=1S/C16H18N2O6S/c1-4-5-11-6-7-13(17-9-11)18-10-12(24-15(18)21)8-16(2,14(19)20)25(3,22)23/h6-7,9,12H,8,10H2,1-3H3,(H,19,20)/t12-,16+/m0/s1. The van der Waals surface area contributed by atoms with Crippen LogP contribution in [0.25, 0.3) is 0 Å². The summed E-state index contributed by atoms with van der Waals surface area (Å²) < 4.78 is 26.8. The summed E-state index contributed by atoms with van der Waals surface area (Å²) in [6, 6.07) is 3.29. The van der Waals surface area contributed by atoms with E-state index in [2.05, 4.69) is 16.8 Å². The Bertz CT molecular complexity index is 853. The van der Waals surface area contributed by atoms with Gasteiger partial charge in [0.05, 0.1) is 6.54 Å². The van der Waals surface area contributed by atoms with E-state index in [9.17, 15) is 23.1 Å². The zero-order chi connectivity index (χ0) is 18.8. The van der Waals surface area contributed by atoms with Gasteiger partial charge in [-0.3, -0.25) is 9.69 Å². The van der Waals surface area contributed by atoms with Crippen molar-refractivity contribution >= 4 is 27.7 Å². The monoisotopic (exact) mass is 366 g/mol. The highest BCUT2D eigenvalue weighted by molar-refractivity contribution is 7.92. The molecular weight excluding hydrogens is 348 g/mol. The maximum absolute atomic E-state index is 12.0. The predicted octanol–water partition coefficient (Wildman–Crippen LogP) is 1.06. The summed E-state index contributed by atoms with van der Waals surface area (Å²) in [5.74, 6) is 4.40. The number of pyridine rings is 1. The molecule has 1 fully saturated rings. The van der Waals surface area contributed by atoms with Crippen molar-refractivity contribution in [2.24, 2.45) is 0 Å². The predicted molar refractivity (Wildman–Crippen MR) is 89.9 cm³/mol. The first-order chi connectivity index (χ1) is 11.6. The zero-order valence-electron chi connectivity index (χ0n) is 14.0. The van der Waals surface area contributed by atoms with Gasteiger partial charge >= 0.3 is 12.1 Å². The van der Waals surface area contributed by atoms with Gasteiger partial charge in [-0.15, -0.1) is 5.92 Å². The van der Waals surface area contributed by atoms with Gasteiger partial charge in [0, 0.05) is 24.4 Å². The Hall–Kier alpha value is -2.60. The fourth-order valence-electron chi connectivity index (χ4n) is 2.41. The van der Waals surface area contributed by atoms with Gasteiger partial charge in [0.2, 0.25) is 0 Å². The third-order valence-corrected chi connectivity index (χ3v) is 6.03. The minimum Gasteiger partial charge on any atom is -0.480 e. The molecule has 0 saturated carbocycles. The van der Waals surface area contributed by atoms with Gasteiger partial charge in [0.1, 0.15) is 11.9 Å². The van der Waals surface area contributed by atoms with Crippen molar-refractivity contribution in [3.05, 3.63) is 23.9 Å². The van der Waals surface area contributed by atoms with Gasteiger partial charge in [-0.05, 0) is 26.0 Å². The van der Waals surface area contributed by atoms with Crippen molar-refractivity contribution < 1.29 is 27.9 Å². The van der Waals surface area contributed by atoms with Crippen LogP contribution in [0.5, 0.6) is 0 Å². The van der Waals surface area contributed by atoms with Gasteiger partial charge in [-0.2, -0.15) is 0 Å². The summed E-state index contributed by atoms with van der Waals surface area (Å²) in [6.07, 6.45) is 0.436. The van der Waals surface area contributed by atoms with E-state index in [0.29, 0.717) is 11.4 Å². The summed E-state index contributed by atoms with van der Waals surface area (Å²) in [6.45, 7) is 2.82. The van der Waals surface area contributed by atoms with E-state index in [0.717, 1.165) is 13.2 Å². The summed E-state index contributed by atoms with van der Waals surface area (Å²) in [4.78, 5) is 28.8. The van der Waals surface area contributed by atoms with Crippen molar-refractivity contribution in [3.8, 4) is 11.8 Å². The van der Waals surface area contributed by atoms with Crippen molar-refractivity contribution in [3.63, 3.8) is 0 Å². The number of rotatable bonds is 5. The number of aliphatic carboxylic acids is 1. The molecule has 134 valence electrons. The SMILES string of the molecule is CC#Cc1ccc(N2C[C@H](C[C@](C)(C(=O)O)S(C)(=O)=O)OC2=O)nc1. The number of carboxylic acid groups (broad SMARTS) is 1. The average Bonchev–Trinajstić information content (AvgIpc) is 2.87. The number of hydrogen-bond acceptors (Lipinski definition) is 6. The Labute approximate surface area is 145 Å². The smallest absolute Gasteiger partial charge is 0.415 e. The first-order valence-electron chi connectivity index (χ1n) is 7.38. The van der Waals surface area contributed by atoms with Crippen LogP contribution in [0.1, 0.15) is 25.8 Å². The van der Waals surface area contributed by atoms with E-state index in [-0.39, 0.29) is 13.0 Å². The largest absolute Gasteiger partial charge is 0.480 e. The number of carbonyl (C=O) groups excluding carboxylic acids is 1. The number of amides is 1. The summed E-state index contributed by atoms with van der Waals surface area (Å²) >= 11 is 0. The summed E-state index contributed by atoms with van der Waals surface area (Å²) in [7, 11) is -3.90. The Morgan fingerprint density at radius 3 is 2.68 bits per heavy atom. The number of carbonyl (C=O) groups is 2. The molecule has 25 heavy (non-hydrogen) atoms. The fourth-order valence-corrected chi connectivity index (χ4v) is 3.22. The highest BCUT2D eigenvalue weighted by atomic mass is 32.2. The molecule has 0 aliphatic carbocycles. The molecule has 1 amide bonds. The molecule has 2 atom stereocenters. The highest BCUT2D eigenvalue weighted by Gasteiger charge is 2.48. The topological polar surface area (TPSA) is 114 Å². The number of sulfone groups is 1. The molecule has 0 spiro atoms. The van der Waals surface area contributed by atoms with Crippen molar-refractivity contribution in [1.29, 1.82) is 0 Å². The number of cyclic esters (lactones) is 1. The molecule has 1 aliphatic heterocycles. The molecule has 1 aromatic rings. The van der Waals surface area contributed by atoms with Crippen LogP contribution in [0, 0.1) is 11.8 Å². The second-order valence-corrected chi connectivity index (χ2v) is 8.35. The lowest BCUT2D eigenvalue weighted by molar-refractivity contribution is -0.140. The molecular formula is C16H18N2O6S. The van der Waals surface area contributed by atoms with E-state index in [1.165, 1.54) is 11.1 Å². The van der Waals surface area contributed by atoms with Crippen molar-refractivity contribution in [1.82, 2.24) is 4.98 Å². The minimum atomic E-state index is -3.90. The van der Waals surface area contributed by atoms with E-state index >= 15 is 0 Å². The third-order valence-electron chi connectivity index (χ3n) is 4.06. The average molecular weight is 366 g/mol. The lowest BCUT2D eigenvalue weighted by Crippen LogP contribution is -2.46. The van der Waals surface area contributed by atoms with Crippen LogP contribution in [-0.4, -0.2) is 54.2 Å². The first-order valence-corrected chi connectivity index (χ1v) is 9.27. The first kappa shape index (κ1) is 18.7. The molecule has 2 rings (SSSR count). The molecule has 0 aromatic carbocycles. The molecule has 0 bridgehead atoms. The fraction of sp³-hybridized carbons (Fsp3) is 0.438. The summed E-state index contributed by atoms with van der Waals surface area (Å²) in [5.41, 5.74) is 0.686. The number of hydrogen-bond donors (Lipinski definition) is 1. The maximum atomic E-state index is 12.0. The van der Waals surface area contributed by atoms with Crippen LogP contribution in [0.2, 0.25) is 0 Å². The molecule has 1 aliphatic rings. The molecule has 9 heteroatoms. The van der Waals surface area contributed by atoms with E-state index in [1.54, 1.807) is 19.1 Å². The summed E-state index contributed by atoms with van der Waals surface area (Å²) in [5, 5.41) is 9.30. The van der Waals surface area contributed by atoms with Crippen LogP contribution in [-0.2, 0) is 19.4 Å².